The first-order chi connectivity index (χ1) is 12.5. The minimum Gasteiger partial charge on any atom is -0.489 e. The predicted octanol–water partition coefficient (Wildman–Crippen LogP) is 2.08. The SMILES string of the molecule is C=C1NC(=O)CCC1N1Cc2cc(O[C@H]3CCCC[C@@H]3N)ccc2C1=O. The number of nitrogens with one attached hydrogen (secondary N) is 1. The molecule has 26 heavy (non-hydrogen) atoms. The number of amides is 2. The van der Waals surface area contributed by atoms with Crippen LogP contribution < -0.4 is 15.8 Å². The Kier molecular flexibility index (Phi) is 4.44. The number of piperidine rings is 1. The lowest BCUT2D eigenvalue weighted by Crippen LogP contribution is -2.45. The van der Waals surface area contributed by atoms with E-state index in [4.69, 9.17) is 10.5 Å². The molecule has 2 fully saturated rings. The van der Waals surface area contributed by atoms with E-state index in [9.17, 15) is 9.59 Å². The number of hydrogen-bond donors (Lipinski definition) is 2. The third-order valence-corrected chi connectivity index (χ3v) is 5.67. The zero-order valence-electron chi connectivity index (χ0n) is 14.9. The van der Waals surface area contributed by atoms with Gasteiger partial charge in [0.1, 0.15) is 11.9 Å². The molecule has 0 bridgehead atoms. The van der Waals surface area contributed by atoms with Crippen molar-refractivity contribution in [2.24, 2.45) is 5.73 Å². The summed E-state index contributed by atoms with van der Waals surface area (Å²) in [4.78, 5) is 26.1. The standard InChI is InChI=1S/C20H25N3O3/c1-12-17(8-9-19(24)22-12)23-11-13-10-14(6-7-15(13)20(23)25)26-18-5-3-2-4-16(18)21/h6-7,10,16-18H,1-5,8-9,11,21H2,(H,22,24)/t16-,17?,18-/m0/s1. The van der Waals surface area contributed by atoms with Gasteiger partial charge in [-0.15, -0.1) is 0 Å². The quantitative estimate of drug-likeness (QED) is 0.869. The van der Waals surface area contributed by atoms with Gasteiger partial charge in [-0.1, -0.05) is 13.0 Å². The molecule has 1 saturated carbocycles. The summed E-state index contributed by atoms with van der Waals surface area (Å²) < 4.78 is 6.11. The van der Waals surface area contributed by atoms with Crippen LogP contribution in [0, 0.1) is 0 Å². The van der Waals surface area contributed by atoms with E-state index < -0.39 is 0 Å². The van der Waals surface area contributed by atoms with E-state index >= 15 is 0 Å². The first kappa shape index (κ1) is 17.1. The van der Waals surface area contributed by atoms with Crippen LogP contribution in [0.2, 0.25) is 0 Å². The van der Waals surface area contributed by atoms with Gasteiger partial charge in [-0.3, -0.25) is 9.59 Å². The summed E-state index contributed by atoms with van der Waals surface area (Å²) in [5, 5.41) is 2.76. The van der Waals surface area contributed by atoms with Gasteiger partial charge >= 0.3 is 0 Å². The minimum atomic E-state index is -0.149. The molecule has 1 aliphatic carbocycles. The highest BCUT2D eigenvalue weighted by molar-refractivity contribution is 5.99. The molecule has 4 rings (SSSR count). The number of hydrogen-bond acceptors (Lipinski definition) is 4. The Morgan fingerprint density at radius 3 is 2.77 bits per heavy atom. The number of rotatable bonds is 3. The Bertz CT molecular complexity index is 761. The van der Waals surface area contributed by atoms with E-state index in [1.165, 1.54) is 0 Å². The maximum Gasteiger partial charge on any atom is 0.255 e. The Labute approximate surface area is 153 Å². The fourth-order valence-corrected chi connectivity index (χ4v) is 4.20. The fourth-order valence-electron chi connectivity index (χ4n) is 4.20. The maximum atomic E-state index is 12.8. The molecule has 0 aromatic heterocycles. The number of benzene rings is 1. The van der Waals surface area contributed by atoms with Gasteiger partial charge in [0.25, 0.3) is 5.91 Å². The lowest BCUT2D eigenvalue weighted by molar-refractivity contribution is -0.121. The minimum absolute atomic E-state index is 0.0109. The van der Waals surface area contributed by atoms with Gasteiger partial charge in [0.2, 0.25) is 5.91 Å². The van der Waals surface area contributed by atoms with Crippen molar-refractivity contribution >= 4 is 11.8 Å². The molecule has 0 spiro atoms. The molecule has 1 unspecified atom stereocenters. The van der Waals surface area contributed by atoms with Gasteiger partial charge in [0.05, 0.1) is 6.04 Å². The van der Waals surface area contributed by atoms with Crippen molar-refractivity contribution in [2.75, 3.05) is 0 Å². The summed E-state index contributed by atoms with van der Waals surface area (Å²) in [5.41, 5.74) is 8.44. The zero-order chi connectivity index (χ0) is 18.3. The highest BCUT2D eigenvalue weighted by Gasteiger charge is 2.36. The Hall–Kier alpha value is -2.34. The van der Waals surface area contributed by atoms with Gasteiger partial charge in [-0.05, 0) is 49.4 Å². The average Bonchev–Trinajstić information content (AvgIpc) is 2.93. The molecular weight excluding hydrogens is 330 g/mol. The first-order valence-electron chi connectivity index (χ1n) is 9.37. The molecule has 2 aliphatic heterocycles. The van der Waals surface area contributed by atoms with Crippen LogP contribution in [0.1, 0.15) is 54.4 Å². The van der Waals surface area contributed by atoms with Crippen LogP contribution in [0.3, 0.4) is 0 Å². The van der Waals surface area contributed by atoms with Crippen molar-refractivity contribution in [1.29, 1.82) is 0 Å². The molecule has 3 atom stereocenters. The molecule has 2 heterocycles. The third kappa shape index (κ3) is 3.09. The summed E-state index contributed by atoms with van der Waals surface area (Å²) in [6.07, 6.45) is 5.36. The average molecular weight is 355 g/mol. The topological polar surface area (TPSA) is 84.7 Å². The number of carbonyl (C=O) groups is 2. The van der Waals surface area contributed by atoms with Crippen molar-refractivity contribution in [3.05, 3.63) is 41.6 Å². The van der Waals surface area contributed by atoms with Crippen molar-refractivity contribution in [3.8, 4) is 5.75 Å². The van der Waals surface area contributed by atoms with E-state index in [2.05, 4.69) is 11.9 Å². The van der Waals surface area contributed by atoms with Crippen LogP contribution in [0.15, 0.2) is 30.5 Å². The van der Waals surface area contributed by atoms with E-state index in [1.807, 2.05) is 18.2 Å². The second kappa shape index (κ2) is 6.76. The predicted molar refractivity (Wildman–Crippen MR) is 97.5 cm³/mol. The molecule has 1 saturated heterocycles. The summed E-state index contributed by atoms with van der Waals surface area (Å²) in [5.74, 6) is 0.731. The summed E-state index contributed by atoms with van der Waals surface area (Å²) in [7, 11) is 0. The molecule has 6 nitrogen and oxygen atoms in total. The van der Waals surface area contributed by atoms with Crippen LogP contribution in [-0.4, -0.2) is 34.9 Å². The van der Waals surface area contributed by atoms with Crippen LogP contribution in [-0.2, 0) is 11.3 Å². The smallest absolute Gasteiger partial charge is 0.255 e. The lowest BCUT2D eigenvalue weighted by atomic mass is 9.93. The molecule has 1 aromatic carbocycles. The number of nitrogens with two attached hydrogens (primary N) is 1. The molecule has 2 amide bonds. The summed E-state index contributed by atoms with van der Waals surface area (Å²) in [6, 6.07) is 5.58. The van der Waals surface area contributed by atoms with Crippen LogP contribution in [0.25, 0.3) is 0 Å². The molecule has 0 radical (unpaired) electrons. The van der Waals surface area contributed by atoms with Crippen LogP contribution >= 0.6 is 0 Å². The van der Waals surface area contributed by atoms with E-state index in [0.29, 0.717) is 30.6 Å². The second-order valence-electron chi connectivity index (χ2n) is 7.48. The van der Waals surface area contributed by atoms with Crippen molar-refractivity contribution in [2.45, 2.75) is 63.3 Å². The van der Waals surface area contributed by atoms with E-state index in [0.717, 1.165) is 37.0 Å². The van der Waals surface area contributed by atoms with Gasteiger partial charge in [0, 0.05) is 30.3 Å². The normalized spacial score (nSPS) is 28.7. The first-order valence-corrected chi connectivity index (χ1v) is 9.37. The number of nitrogens with zero attached hydrogens (tertiary/aromatic N) is 1. The number of carbonyl (C=O) groups excluding carboxylic acids is 2. The zero-order valence-corrected chi connectivity index (χ0v) is 14.9. The van der Waals surface area contributed by atoms with E-state index in [1.54, 1.807) is 4.90 Å². The Morgan fingerprint density at radius 1 is 1.19 bits per heavy atom. The summed E-state index contributed by atoms with van der Waals surface area (Å²) in [6.45, 7) is 4.44. The van der Waals surface area contributed by atoms with E-state index in [-0.39, 0.29) is 30.0 Å². The monoisotopic (exact) mass is 355 g/mol. The van der Waals surface area contributed by atoms with Crippen LogP contribution in [0.5, 0.6) is 5.75 Å². The van der Waals surface area contributed by atoms with Crippen molar-refractivity contribution in [1.82, 2.24) is 10.2 Å². The van der Waals surface area contributed by atoms with Gasteiger partial charge in [0.15, 0.2) is 0 Å². The maximum absolute atomic E-state index is 12.8. The second-order valence-corrected chi connectivity index (χ2v) is 7.48. The van der Waals surface area contributed by atoms with Crippen molar-refractivity contribution in [3.63, 3.8) is 0 Å². The number of fused-ring (bicyclic) bond motifs is 1. The van der Waals surface area contributed by atoms with Crippen molar-refractivity contribution < 1.29 is 14.3 Å². The molecule has 6 heteroatoms. The molecular formula is C20H25N3O3. The summed E-state index contributed by atoms with van der Waals surface area (Å²) >= 11 is 0. The number of ether oxygens (including phenoxy) is 1. The van der Waals surface area contributed by atoms with Crippen LogP contribution in [0.4, 0.5) is 0 Å². The molecule has 138 valence electrons. The fraction of sp³-hybridized carbons (Fsp3) is 0.500. The lowest BCUT2D eigenvalue weighted by Gasteiger charge is -2.32. The molecule has 3 N–H and O–H groups in total. The molecule has 1 aromatic rings. The third-order valence-electron chi connectivity index (χ3n) is 5.67. The largest absolute Gasteiger partial charge is 0.489 e. The Balaban J connectivity index is 1.49. The molecule has 3 aliphatic rings. The van der Waals surface area contributed by atoms with Gasteiger partial charge < -0.3 is 20.7 Å². The van der Waals surface area contributed by atoms with Gasteiger partial charge in [-0.2, -0.15) is 0 Å². The Morgan fingerprint density at radius 2 is 2.00 bits per heavy atom. The highest BCUT2D eigenvalue weighted by Crippen LogP contribution is 2.32. The van der Waals surface area contributed by atoms with Gasteiger partial charge in [-0.25, -0.2) is 0 Å². The highest BCUT2D eigenvalue weighted by atomic mass is 16.5.